The lowest BCUT2D eigenvalue weighted by Gasteiger charge is -2.00. The highest BCUT2D eigenvalue weighted by Gasteiger charge is 1.97. The minimum Gasteiger partial charge on any atom is -0.478 e. The molecule has 0 aliphatic heterocycles. The van der Waals surface area contributed by atoms with Gasteiger partial charge in [0, 0.05) is 18.7 Å². The van der Waals surface area contributed by atoms with E-state index in [-0.39, 0.29) is 0 Å². The number of carboxylic acids is 1. The Morgan fingerprint density at radius 1 is 1.79 bits per heavy atom. The van der Waals surface area contributed by atoms with E-state index in [1.54, 1.807) is 19.2 Å². The van der Waals surface area contributed by atoms with Gasteiger partial charge in [-0.3, -0.25) is 0 Å². The quantitative estimate of drug-likeness (QED) is 0.681. The number of aromatic nitrogens is 1. The van der Waals surface area contributed by atoms with Crippen LogP contribution in [0.5, 0.6) is 0 Å². The Kier molecular flexibility index (Phi) is 3.87. The first-order chi connectivity index (χ1) is 6.68. The summed E-state index contributed by atoms with van der Waals surface area (Å²) >= 11 is 0. The third-order valence-electron chi connectivity index (χ3n) is 1.56. The van der Waals surface area contributed by atoms with Crippen molar-refractivity contribution in [2.45, 2.75) is 13.5 Å². The lowest BCUT2D eigenvalue weighted by atomic mass is 10.3. The van der Waals surface area contributed by atoms with Gasteiger partial charge in [-0.05, 0) is 6.92 Å². The van der Waals surface area contributed by atoms with Crippen molar-refractivity contribution in [1.29, 1.82) is 0 Å². The van der Waals surface area contributed by atoms with E-state index < -0.39 is 5.97 Å². The van der Waals surface area contributed by atoms with E-state index in [0.717, 1.165) is 11.3 Å². The monoisotopic (exact) mass is 196 g/mol. The minimum atomic E-state index is -0.927. The predicted molar refractivity (Wildman–Crippen MR) is 49.6 cm³/mol. The standard InChI is InChI=1S/C9H12N2O3/c1-7(4-9(12)13)5-10-6-8-2-3-11-14-8/h2-4,10H,5-6H2,1H3,(H,12,13). The van der Waals surface area contributed by atoms with Crippen LogP contribution in [0.2, 0.25) is 0 Å². The van der Waals surface area contributed by atoms with E-state index in [1.165, 1.54) is 6.08 Å². The van der Waals surface area contributed by atoms with Crippen LogP contribution in [0.25, 0.3) is 0 Å². The Morgan fingerprint density at radius 3 is 3.14 bits per heavy atom. The summed E-state index contributed by atoms with van der Waals surface area (Å²) in [6, 6.07) is 1.75. The van der Waals surface area contributed by atoms with Crippen LogP contribution in [-0.4, -0.2) is 22.8 Å². The molecule has 0 saturated carbocycles. The average molecular weight is 196 g/mol. The number of aliphatic carboxylic acids is 1. The molecule has 0 spiro atoms. The van der Waals surface area contributed by atoms with Crippen molar-refractivity contribution in [2.75, 3.05) is 6.54 Å². The summed E-state index contributed by atoms with van der Waals surface area (Å²) in [5, 5.41) is 15.0. The van der Waals surface area contributed by atoms with Crippen molar-refractivity contribution in [2.24, 2.45) is 0 Å². The number of carbonyl (C=O) groups is 1. The lowest BCUT2D eigenvalue weighted by Crippen LogP contribution is -2.15. The normalized spacial score (nSPS) is 11.6. The van der Waals surface area contributed by atoms with Crippen LogP contribution in [0, 0.1) is 0 Å². The molecular weight excluding hydrogens is 184 g/mol. The number of nitrogens with zero attached hydrogens (tertiary/aromatic N) is 1. The highest BCUT2D eigenvalue weighted by atomic mass is 16.5. The lowest BCUT2D eigenvalue weighted by molar-refractivity contribution is -0.131. The van der Waals surface area contributed by atoms with Crippen LogP contribution in [0.4, 0.5) is 0 Å². The van der Waals surface area contributed by atoms with Crippen LogP contribution in [0.15, 0.2) is 28.4 Å². The second kappa shape index (κ2) is 5.18. The number of hydrogen-bond acceptors (Lipinski definition) is 4. The fraction of sp³-hybridized carbons (Fsp3) is 0.333. The molecule has 0 saturated heterocycles. The van der Waals surface area contributed by atoms with E-state index >= 15 is 0 Å². The summed E-state index contributed by atoms with van der Waals surface area (Å²) in [5.41, 5.74) is 0.761. The third kappa shape index (κ3) is 3.86. The Balaban J connectivity index is 2.25. The summed E-state index contributed by atoms with van der Waals surface area (Å²) in [7, 11) is 0. The molecule has 1 aromatic rings. The van der Waals surface area contributed by atoms with E-state index in [4.69, 9.17) is 9.63 Å². The third-order valence-corrected chi connectivity index (χ3v) is 1.56. The molecule has 1 rings (SSSR count). The number of carboxylic acid groups (broad SMARTS) is 1. The van der Waals surface area contributed by atoms with Gasteiger partial charge in [-0.2, -0.15) is 0 Å². The number of rotatable bonds is 5. The van der Waals surface area contributed by atoms with Crippen molar-refractivity contribution in [3.8, 4) is 0 Å². The first-order valence-corrected chi connectivity index (χ1v) is 4.19. The predicted octanol–water partition coefficient (Wildman–Crippen LogP) is 0.795. The SMILES string of the molecule is CC(=CC(=O)O)CNCc1ccno1. The Hall–Kier alpha value is -1.62. The molecule has 5 heteroatoms. The molecule has 0 amide bonds. The van der Waals surface area contributed by atoms with Gasteiger partial charge < -0.3 is 14.9 Å². The topological polar surface area (TPSA) is 75.4 Å². The molecule has 0 bridgehead atoms. The maximum absolute atomic E-state index is 10.3. The molecule has 0 aliphatic rings. The van der Waals surface area contributed by atoms with E-state index in [2.05, 4.69) is 10.5 Å². The zero-order chi connectivity index (χ0) is 10.4. The molecule has 76 valence electrons. The second-order valence-corrected chi connectivity index (χ2v) is 2.91. The Labute approximate surface area is 81.4 Å². The van der Waals surface area contributed by atoms with Gasteiger partial charge in [-0.25, -0.2) is 4.79 Å². The van der Waals surface area contributed by atoms with Gasteiger partial charge in [-0.15, -0.1) is 0 Å². The maximum Gasteiger partial charge on any atom is 0.328 e. The fourth-order valence-corrected chi connectivity index (χ4v) is 0.978. The largest absolute Gasteiger partial charge is 0.478 e. The van der Waals surface area contributed by atoms with Gasteiger partial charge in [0.2, 0.25) is 0 Å². The van der Waals surface area contributed by atoms with Crippen molar-refractivity contribution in [3.63, 3.8) is 0 Å². The molecule has 0 atom stereocenters. The summed E-state index contributed by atoms with van der Waals surface area (Å²) < 4.78 is 4.85. The van der Waals surface area contributed by atoms with Gasteiger partial charge in [0.25, 0.3) is 0 Å². The van der Waals surface area contributed by atoms with E-state index in [1.807, 2.05) is 0 Å². The Bertz CT molecular complexity index is 317. The second-order valence-electron chi connectivity index (χ2n) is 2.91. The van der Waals surface area contributed by atoms with Gasteiger partial charge in [0.1, 0.15) is 5.76 Å². The molecule has 1 aromatic heterocycles. The van der Waals surface area contributed by atoms with Gasteiger partial charge >= 0.3 is 5.97 Å². The molecule has 0 unspecified atom stereocenters. The smallest absolute Gasteiger partial charge is 0.328 e. The summed E-state index contributed by atoms with van der Waals surface area (Å²) in [6.07, 6.45) is 2.74. The van der Waals surface area contributed by atoms with Crippen molar-refractivity contribution in [1.82, 2.24) is 10.5 Å². The maximum atomic E-state index is 10.3. The Morgan fingerprint density at radius 2 is 2.57 bits per heavy atom. The van der Waals surface area contributed by atoms with Gasteiger partial charge in [0.15, 0.2) is 0 Å². The highest BCUT2D eigenvalue weighted by molar-refractivity contribution is 5.80. The van der Waals surface area contributed by atoms with E-state index in [0.29, 0.717) is 13.1 Å². The molecule has 0 fully saturated rings. The molecule has 0 aromatic carbocycles. The van der Waals surface area contributed by atoms with Crippen molar-refractivity contribution in [3.05, 3.63) is 29.7 Å². The molecule has 2 N–H and O–H groups in total. The highest BCUT2D eigenvalue weighted by Crippen LogP contribution is 1.96. The van der Waals surface area contributed by atoms with Crippen LogP contribution in [0.3, 0.4) is 0 Å². The van der Waals surface area contributed by atoms with Crippen LogP contribution in [0.1, 0.15) is 12.7 Å². The minimum absolute atomic E-state index is 0.521. The van der Waals surface area contributed by atoms with Crippen LogP contribution in [-0.2, 0) is 11.3 Å². The number of hydrogen-bond donors (Lipinski definition) is 2. The number of nitrogens with one attached hydrogen (secondary N) is 1. The van der Waals surface area contributed by atoms with Gasteiger partial charge in [-0.1, -0.05) is 10.7 Å². The first kappa shape index (κ1) is 10.5. The van der Waals surface area contributed by atoms with E-state index in [9.17, 15) is 4.79 Å². The van der Waals surface area contributed by atoms with Crippen LogP contribution >= 0.6 is 0 Å². The summed E-state index contributed by atoms with van der Waals surface area (Å²) in [5.74, 6) is -0.197. The summed E-state index contributed by atoms with van der Waals surface area (Å²) in [6.45, 7) is 2.82. The van der Waals surface area contributed by atoms with Crippen molar-refractivity contribution >= 4 is 5.97 Å². The van der Waals surface area contributed by atoms with Crippen molar-refractivity contribution < 1.29 is 14.4 Å². The zero-order valence-electron chi connectivity index (χ0n) is 7.86. The zero-order valence-corrected chi connectivity index (χ0v) is 7.86. The molecule has 14 heavy (non-hydrogen) atoms. The molecule has 0 radical (unpaired) electrons. The molecule has 0 aliphatic carbocycles. The molecule has 5 nitrogen and oxygen atoms in total. The summed E-state index contributed by atoms with van der Waals surface area (Å²) in [4.78, 5) is 10.3. The average Bonchev–Trinajstić information content (AvgIpc) is 2.55. The van der Waals surface area contributed by atoms with Gasteiger partial charge in [0.05, 0.1) is 12.7 Å². The fourth-order valence-electron chi connectivity index (χ4n) is 0.978. The first-order valence-electron chi connectivity index (χ1n) is 4.19. The molecule has 1 heterocycles. The molecular formula is C9H12N2O3. The van der Waals surface area contributed by atoms with Crippen LogP contribution < -0.4 is 5.32 Å².